The first-order valence-corrected chi connectivity index (χ1v) is 7.04. The van der Waals surface area contributed by atoms with Crippen LogP contribution >= 0.6 is 23.3 Å². The topological polar surface area (TPSA) is 37.8 Å². The molecule has 0 fully saturated rings. The number of hydrogen-bond donors (Lipinski definition) is 1. The summed E-state index contributed by atoms with van der Waals surface area (Å²) in [5.41, 5.74) is 0. The number of rotatable bonds is 7. The van der Waals surface area contributed by atoms with E-state index in [0.717, 1.165) is 10.9 Å². The Morgan fingerprint density at radius 1 is 1.53 bits per heavy atom. The molecule has 1 rings (SSSR count). The third kappa shape index (κ3) is 5.49. The fraction of sp³-hybridized carbons (Fsp3) is 0.800. The van der Waals surface area contributed by atoms with Gasteiger partial charge in [0, 0.05) is 17.8 Å². The number of thioether (sulfide) groups is 1. The standard InChI is InChI=1S/C10H19N3S2/c1-4-5-8(2)11-6-9(3)14-10-12-7-13-15-10/h7-9,11H,4-6H2,1-3H3. The molecule has 0 aliphatic rings. The Hall–Kier alpha value is -0.130. The monoisotopic (exact) mass is 245 g/mol. The zero-order valence-electron chi connectivity index (χ0n) is 9.56. The van der Waals surface area contributed by atoms with Crippen molar-refractivity contribution in [1.82, 2.24) is 14.7 Å². The highest BCUT2D eigenvalue weighted by molar-refractivity contribution is 8.01. The molecule has 1 aromatic heterocycles. The van der Waals surface area contributed by atoms with E-state index in [2.05, 4.69) is 35.4 Å². The minimum Gasteiger partial charge on any atom is -0.313 e. The second-order valence-electron chi connectivity index (χ2n) is 3.73. The quantitative estimate of drug-likeness (QED) is 0.750. The molecule has 86 valence electrons. The Bertz CT molecular complexity index is 251. The number of aromatic nitrogens is 2. The van der Waals surface area contributed by atoms with Gasteiger partial charge in [0.15, 0.2) is 4.34 Å². The average Bonchev–Trinajstić information content (AvgIpc) is 2.68. The van der Waals surface area contributed by atoms with Gasteiger partial charge in [-0.2, -0.15) is 4.37 Å². The van der Waals surface area contributed by atoms with Crippen LogP contribution in [0.25, 0.3) is 0 Å². The van der Waals surface area contributed by atoms with Crippen LogP contribution in [0.4, 0.5) is 0 Å². The Labute approximate surface area is 100 Å². The molecule has 0 aromatic carbocycles. The maximum absolute atomic E-state index is 4.16. The molecule has 0 saturated heterocycles. The second-order valence-corrected chi connectivity index (χ2v) is 6.20. The van der Waals surface area contributed by atoms with E-state index in [4.69, 9.17) is 0 Å². The number of hydrogen-bond acceptors (Lipinski definition) is 5. The zero-order valence-corrected chi connectivity index (χ0v) is 11.2. The third-order valence-electron chi connectivity index (χ3n) is 2.12. The van der Waals surface area contributed by atoms with E-state index in [0.29, 0.717) is 11.3 Å². The molecule has 1 heterocycles. The molecular formula is C10H19N3S2. The van der Waals surface area contributed by atoms with E-state index in [1.54, 1.807) is 18.1 Å². The van der Waals surface area contributed by atoms with Gasteiger partial charge < -0.3 is 5.32 Å². The van der Waals surface area contributed by atoms with Crippen LogP contribution in [-0.4, -0.2) is 27.2 Å². The van der Waals surface area contributed by atoms with Gasteiger partial charge in [-0.1, -0.05) is 32.0 Å². The summed E-state index contributed by atoms with van der Waals surface area (Å²) < 4.78 is 5.05. The van der Waals surface area contributed by atoms with Gasteiger partial charge >= 0.3 is 0 Å². The Morgan fingerprint density at radius 3 is 2.93 bits per heavy atom. The lowest BCUT2D eigenvalue weighted by atomic mass is 10.2. The van der Waals surface area contributed by atoms with Crippen molar-refractivity contribution in [2.75, 3.05) is 6.54 Å². The molecule has 0 radical (unpaired) electrons. The van der Waals surface area contributed by atoms with Gasteiger partial charge in [-0.05, 0) is 24.9 Å². The van der Waals surface area contributed by atoms with Gasteiger partial charge in [0.2, 0.25) is 0 Å². The van der Waals surface area contributed by atoms with Crippen LogP contribution in [0.2, 0.25) is 0 Å². The predicted molar refractivity (Wildman–Crippen MR) is 67.6 cm³/mol. The normalized spacial score (nSPS) is 15.1. The van der Waals surface area contributed by atoms with E-state index in [1.807, 2.05) is 0 Å². The molecule has 1 aromatic rings. The van der Waals surface area contributed by atoms with Crippen LogP contribution in [0.1, 0.15) is 33.6 Å². The highest BCUT2D eigenvalue weighted by atomic mass is 32.2. The van der Waals surface area contributed by atoms with Crippen LogP contribution in [0.15, 0.2) is 10.7 Å². The highest BCUT2D eigenvalue weighted by Crippen LogP contribution is 2.22. The summed E-state index contributed by atoms with van der Waals surface area (Å²) in [7, 11) is 0. The van der Waals surface area contributed by atoms with Gasteiger partial charge in [0.1, 0.15) is 6.33 Å². The number of nitrogens with zero attached hydrogens (tertiary/aromatic N) is 2. The number of nitrogens with one attached hydrogen (secondary N) is 1. The van der Waals surface area contributed by atoms with Crippen molar-refractivity contribution >= 4 is 23.3 Å². The van der Waals surface area contributed by atoms with Crippen molar-refractivity contribution in [1.29, 1.82) is 0 Å². The van der Waals surface area contributed by atoms with Crippen molar-refractivity contribution in [3.05, 3.63) is 6.33 Å². The summed E-state index contributed by atoms with van der Waals surface area (Å²) >= 11 is 3.26. The first kappa shape index (κ1) is 12.9. The first-order valence-electron chi connectivity index (χ1n) is 5.39. The Balaban J connectivity index is 2.16. The molecule has 2 unspecified atom stereocenters. The Kier molecular flexibility index (Phi) is 6.20. The van der Waals surface area contributed by atoms with Crippen molar-refractivity contribution < 1.29 is 0 Å². The zero-order chi connectivity index (χ0) is 11.1. The van der Waals surface area contributed by atoms with Crippen molar-refractivity contribution in [3.63, 3.8) is 0 Å². The smallest absolute Gasteiger partial charge is 0.170 e. The third-order valence-corrected chi connectivity index (χ3v) is 3.97. The largest absolute Gasteiger partial charge is 0.313 e. The van der Waals surface area contributed by atoms with Crippen molar-refractivity contribution in [2.24, 2.45) is 0 Å². The first-order chi connectivity index (χ1) is 7.22. The van der Waals surface area contributed by atoms with E-state index < -0.39 is 0 Å². The van der Waals surface area contributed by atoms with Crippen LogP contribution in [0, 0.1) is 0 Å². The summed E-state index contributed by atoms with van der Waals surface area (Å²) in [6.45, 7) is 7.71. The molecule has 5 heteroatoms. The molecule has 0 saturated carbocycles. The Morgan fingerprint density at radius 2 is 2.33 bits per heavy atom. The molecular weight excluding hydrogens is 226 g/mol. The maximum atomic E-state index is 4.16. The van der Waals surface area contributed by atoms with Crippen molar-refractivity contribution in [2.45, 2.75) is 49.2 Å². The van der Waals surface area contributed by atoms with Gasteiger partial charge in [-0.25, -0.2) is 4.98 Å². The minimum absolute atomic E-state index is 0.553. The fourth-order valence-electron chi connectivity index (χ4n) is 1.33. The van der Waals surface area contributed by atoms with Gasteiger partial charge in [-0.15, -0.1) is 0 Å². The van der Waals surface area contributed by atoms with Gasteiger partial charge in [0.25, 0.3) is 0 Å². The van der Waals surface area contributed by atoms with Crippen LogP contribution in [-0.2, 0) is 0 Å². The van der Waals surface area contributed by atoms with Crippen molar-refractivity contribution in [3.8, 4) is 0 Å². The molecule has 0 aliphatic carbocycles. The molecule has 15 heavy (non-hydrogen) atoms. The lowest BCUT2D eigenvalue weighted by Gasteiger charge is -2.15. The van der Waals surface area contributed by atoms with Crippen LogP contribution in [0.5, 0.6) is 0 Å². The highest BCUT2D eigenvalue weighted by Gasteiger charge is 2.08. The molecule has 3 nitrogen and oxygen atoms in total. The van der Waals surface area contributed by atoms with Gasteiger partial charge in [-0.3, -0.25) is 0 Å². The molecule has 1 N–H and O–H groups in total. The predicted octanol–water partition coefficient (Wildman–Crippen LogP) is 2.80. The van der Waals surface area contributed by atoms with Crippen LogP contribution < -0.4 is 5.32 Å². The van der Waals surface area contributed by atoms with E-state index in [-0.39, 0.29) is 0 Å². The summed E-state index contributed by atoms with van der Waals surface area (Å²) in [6.07, 6.45) is 4.11. The maximum Gasteiger partial charge on any atom is 0.170 e. The van der Waals surface area contributed by atoms with E-state index in [1.165, 1.54) is 24.4 Å². The van der Waals surface area contributed by atoms with E-state index >= 15 is 0 Å². The van der Waals surface area contributed by atoms with Gasteiger partial charge in [0.05, 0.1) is 0 Å². The summed E-state index contributed by atoms with van der Waals surface area (Å²) in [4.78, 5) is 4.16. The average molecular weight is 245 g/mol. The molecule has 0 spiro atoms. The van der Waals surface area contributed by atoms with E-state index in [9.17, 15) is 0 Å². The summed E-state index contributed by atoms with van der Waals surface area (Å²) in [5.74, 6) is 0. The molecule has 2 atom stereocenters. The molecule has 0 bridgehead atoms. The SMILES string of the molecule is CCCC(C)NCC(C)Sc1ncns1. The fourth-order valence-corrected chi connectivity index (χ4v) is 3.04. The summed E-state index contributed by atoms with van der Waals surface area (Å²) in [6, 6.07) is 0.618. The summed E-state index contributed by atoms with van der Waals surface area (Å²) in [5, 5.41) is 4.08. The molecule has 0 amide bonds. The lowest BCUT2D eigenvalue weighted by molar-refractivity contribution is 0.511. The molecule has 0 aliphatic heterocycles. The minimum atomic E-state index is 0.553. The second kappa shape index (κ2) is 7.19. The van der Waals surface area contributed by atoms with Crippen LogP contribution in [0.3, 0.4) is 0 Å². The lowest BCUT2D eigenvalue weighted by Crippen LogP contribution is -2.31.